The predicted molar refractivity (Wildman–Crippen MR) is 109 cm³/mol. The van der Waals surface area contributed by atoms with E-state index in [4.69, 9.17) is 4.74 Å². The quantitative estimate of drug-likeness (QED) is 0.674. The van der Waals surface area contributed by atoms with Crippen LogP contribution in [0.1, 0.15) is 35.7 Å². The third-order valence-corrected chi connectivity index (χ3v) is 4.20. The molecule has 2 aromatic carbocycles. The van der Waals surface area contributed by atoms with E-state index in [2.05, 4.69) is 5.32 Å². The van der Waals surface area contributed by atoms with Crippen molar-refractivity contribution in [2.75, 3.05) is 25.5 Å². The van der Waals surface area contributed by atoms with E-state index in [9.17, 15) is 14.4 Å². The molecule has 0 saturated carbocycles. The molecule has 2 rings (SSSR count). The maximum Gasteiger partial charge on any atom is 0.243 e. The molecule has 28 heavy (non-hydrogen) atoms. The zero-order valence-corrected chi connectivity index (χ0v) is 16.5. The van der Waals surface area contributed by atoms with Crippen LogP contribution in [0.5, 0.6) is 5.75 Å². The summed E-state index contributed by atoms with van der Waals surface area (Å²) in [5.74, 6) is 0.0549. The number of carbonyl (C=O) groups is 3. The molecule has 0 aromatic heterocycles. The number of nitrogens with zero attached hydrogens (tertiary/aromatic N) is 1. The highest BCUT2D eigenvalue weighted by Gasteiger charge is 2.15. The molecule has 2 aromatic rings. The van der Waals surface area contributed by atoms with Crippen LogP contribution in [0.2, 0.25) is 0 Å². The minimum Gasteiger partial charge on any atom is -0.494 e. The average molecular weight is 382 g/mol. The van der Waals surface area contributed by atoms with Gasteiger partial charge in [-0.15, -0.1) is 0 Å². The first-order valence-corrected chi connectivity index (χ1v) is 9.25. The highest BCUT2D eigenvalue weighted by atomic mass is 16.5. The van der Waals surface area contributed by atoms with Crippen LogP contribution < -0.4 is 10.1 Å². The summed E-state index contributed by atoms with van der Waals surface area (Å²) < 4.78 is 5.35. The van der Waals surface area contributed by atoms with E-state index < -0.39 is 0 Å². The second kappa shape index (κ2) is 10.3. The molecule has 0 spiro atoms. The van der Waals surface area contributed by atoms with E-state index in [1.807, 2.05) is 38.1 Å². The Kier molecular flexibility index (Phi) is 7.75. The molecule has 0 aliphatic carbocycles. The van der Waals surface area contributed by atoms with Crippen molar-refractivity contribution in [1.82, 2.24) is 4.90 Å². The van der Waals surface area contributed by atoms with Crippen molar-refractivity contribution in [2.45, 2.75) is 26.7 Å². The maximum atomic E-state index is 12.2. The molecular weight excluding hydrogens is 356 g/mol. The summed E-state index contributed by atoms with van der Waals surface area (Å²) in [5.41, 5.74) is 2.32. The van der Waals surface area contributed by atoms with E-state index >= 15 is 0 Å². The number of aryl methyl sites for hydroxylation is 1. The third-order valence-electron chi connectivity index (χ3n) is 4.20. The predicted octanol–water partition coefficient (Wildman–Crippen LogP) is 3.45. The lowest BCUT2D eigenvalue weighted by atomic mass is 10.1. The number of hydrogen-bond donors (Lipinski definition) is 1. The fourth-order valence-electron chi connectivity index (χ4n) is 2.60. The minimum atomic E-state index is -0.280. The van der Waals surface area contributed by atoms with E-state index in [1.165, 1.54) is 4.90 Å². The van der Waals surface area contributed by atoms with Crippen molar-refractivity contribution >= 4 is 23.3 Å². The molecule has 6 heteroatoms. The van der Waals surface area contributed by atoms with Gasteiger partial charge in [0.25, 0.3) is 0 Å². The van der Waals surface area contributed by atoms with Crippen molar-refractivity contribution in [1.29, 1.82) is 0 Å². The van der Waals surface area contributed by atoms with Crippen LogP contribution in [0, 0.1) is 6.92 Å². The second-order valence-electron chi connectivity index (χ2n) is 6.54. The molecule has 0 radical (unpaired) electrons. The average Bonchev–Trinajstić information content (AvgIpc) is 2.68. The van der Waals surface area contributed by atoms with Crippen molar-refractivity contribution in [3.05, 3.63) is 59.7 Å². The molecule has 2 amide bonds. The summed E-state index contributed by atoms with van der Waals surface area (Å²) in [7, 11) is 1.55. The molecule has 0 heterocycles. The van der Waals surface area contributed by atoms with Gasteiger partial charge in [0.1, 0.15) is 5.75 Å². The van der Waals surface area contributed by atoms with Gasteiger partial charge in [0.05, 0.1) is 13.2 Å². The molecular formula is C22H26N2O4. The largest absolute Gasteiger partial charge is 0.494 e. The molecule has 0 bridgehead atoms. The van der Waals surface area contributed by atoms with Gasteiger partial charge < -0.3 is 15.0 Å². The van der Waals surface area contributed by atoms with Gasteiger partial charge in [-0.25, -0.2) is 0 Å². The number of carbonyl (C=O) groups excluding carboxylic acids is 3. The molecule has 0 unspecified atom stereocenters. The number of likely N-dealkylation sites (N-methyl/N-ethyl adjacent to an activating group) is 1. The molecule has 0 atom stereocenters. The smallest absolute Gasteiger partial charge is 0.243 e. The number of hydrogen-bond acceptors (Lipinski definition) is 4. The van der Waals surface area contributed by atoms with Crippen LogP contribution in [0.15, 0.2) is 48.5 Å². The minimum absolute atomic E-state index is 0.0559. The standard InChI is InChI=1S/C22H26N2O4/c1-4-28-19-11-7-17(8-12-19)20(25)13-14-22(27)24(3)15-21(26)23-18-9-5-16(2)6-10-18/h5-12H,4,13-15H2,1-3H3,(H,23,26). The monoisotopic (exact) mass is 382 g/mol. The van der Waals surface area contributed by atoms with Crippen LogP contribution in [-0.4, -0.2) is 42.7 Å². The lowest BCUT2D eigenvalue weighted by Gasteiger charge is -2.16. The Morgan fingerprint density at radius 3 is 2.21 bits per heavy atom. The number of benzene rings is 2. The second-order valence-corrected chi connectivity index (χ2v) is 6.54. The van der Waals surface area contributed by atoms with E-state index in [1.54, 1.807) is 31.3 Å². The fraction of sp³-hybridized carbons (Fsp3) is 0.318. The van der Waals surface area contributed by atoms with Crippen LogP contribution in [0.25, 0.3) is 0 Å². The molecule has 6 nitrogen and oxygen atoms in total. The zero-order valence-electron chi connectivity index (χ0n) is 16.5. The van der Waals surface area contributed by atoms with E-state index in [-0.39, 0.29) is 37.0 Å². The van der Waals surface area contributed by atoms with Crippen molar-refractivity contribution < 1.29 is 19.1 Å². The number of ketones is 1. The Hall–Kier alpha value is -3.15. The van der Waals surface area contributed by atoms with Crippen molar-refractivity contribution in [3.63, 3.8) is 0 Å². The summed E-state index contributed by atoms with van der Waals surface area (Å²) in [6.45, 7) is 4.35. The molecule has 0 aliphatic heterocycles. The van der Waals surface area contributed by atoms with Crippen molar-refractivity contribution in [3.8, 4) is 5.75 Å². The van der Waals surface area contributed by atoms with Gasteiger partial charge in [-0.1, -0.05) is 17.7 Å². The highest BCUT2D eigenvalue weighted by molar-refractivity contribution is 5.99. The Morgan fingerprint density at radius 1 is 0.964 bits per heavy atom. The Bertz CT molecular complexity index is 813. The summed E-state index contributed by atoms with van der Waals surface area (Å²) >= 11 is 0. The Morgan fingerprint density at radius 2 is 1.61 bits per heavy atom. The number of amides is 2. The van der Waals surface area contributed by atoms with Crippen LogP contribution in [0.4, 0.5) is 5.69 Å². The highest BCUT2D eigenvalue weighted by Crippen LogP contribution is 2.14. The Balaban J connectivity index is 1.78. The molecule has 0 saturated heterocycles. The SMILES string of the molecule is CCOc1ccc(C(=O)CCC(=O)N(C)CC(=O)Nc2ccc(C)cc2)cc1. The molecule has 0 aliphatic rings. The number of nitrogens with one attached hydrogen (secondary N) is 1. The lowest BCUT2D eigenvalue weighted by molar-refractivity contribution is -0.133. The summed E-state index contributed by atoms with van der Waals surface area (Å²) in [4.78, 5) is 37.9. The van der Waals surface area contributed by atoms with E-state index in [0.717, 1.165) is 5.56 Å². The van der Waals surface area contributed by atoms with Gasteiger partial charge >= 0.3 is 0 Å². The van der Waals surface area contributed by atoms with Crippen LogP contribution in [0.3, 0.4) is 0 Å². The van der Waals surface area contributed by atoms with Gasteiger partial charge in [0.15, 0.2) is 5.78 Å². The number of rotatable bonds is 9. The first-order valence-electron chi connectivity index (χ1n) is 9.25. The van der Waals surface area contributed by atoms with Gasteiger partial charge in [-0.05, 0) is 50.2 Å². The molecule has 0 fully saturated rings. The lowest BCUT2D eigenvalue weighted by Crippen LogP contribution is -2.35. The number of ether oxygens (including phenoxy) is 1. The van der Waals surface area contributed by atoms with Gasteiger partial charge in [-0.2, -0.15) is 0 Å². The van der Waals surface area contributed by atoms with Crippen LogP contribution >= 0.6 is 0 Å². The molecule has 148 valence electrons. The van der Waals surface area contributed by atoms with Gasteiger partial charge in [-0.3, -0.25) is 14.4 Å². The number of Topliss-reactive ketones (excluding diaryl/α,β-unsaturated/α-hetero) is 1. The maximum absolute atomic E-state index is 12.2. The van der Waals surface area contributed by atoms with Gasteiger partial charge in [0.2, 0.25) is 11.8 Å². The van der Waals surface area contributed by atoms with Crippen molar-refractivity contribution in [2.24, 2.45) is 0 Å². The van der Waals surface area contributed by atoms with E-state index in [0.29, 0.717) is 23.6 Å². The first-order chi connectivity index (χ1) is 13.4. The zero-order chi connectivity index (χ0) is 20.5. The van der Waals surface area contributed by atoms with Crippen LogP contribution in [-0.2, 0) is 9.59 Å². The Labute approximate surface area is 165 Å². The fourth-order valence-corrected chi connectivity index (χ4v) is 2.60. The van der Waals surface area contributed by atoms with Gasteiger partial charge in [0, 0.05) is 31.1 Å². The number of anilines is 1. The first kappa shape index (κ1) is 21.2. The third kappa shape index (κ3) is 6.54. The summed E-state index contributed by atoms with van der Waals surface area (Å²) in [6, 6.07) is 14.3. The topological polar surface area (TPSA) is 75.7 Å². The summed E-state index contributed by atoms with van der Waals surface area (Å²) in [6.07, 6.45) is 0.150. The summed E-state index contributed by atoms with van der Waals surface area (Å²) in [5, 5.41) is 2.75. The molecule has 1 N–H and O–H groups in total. The normalized spacial score (nSPS) is 10.2.